The van der Waals surface area contributed by atoms with Gasteiger partial charge in [-0.25, -0.2) is 9.18 Å². The first-order chi connectivity index (χ1) is 7.54. The maximum Gasteiger partial charge on any atom is 0.341 e. The number of carbonyl (C=O) groups excluding carboxylic acids is 1. The summed E-state index contributed by atoms with van der Waals surface area (Å²) in [5.74, 6) is -1.42. The fourth-order valence-corrected chi connectivity index (χ4v) is 1.08. The van der Waals surface area contributed by atoms with Gasteiger partial charge in [-0.2, -0.15) is 0 Å². The van der Waals surface area contributed by atoms with Crippen LogP contribution in [0.15, 0.2) is 18.2 Å². The van der Waals surface area contributed by atoms with Crippen molar-refractivity contribution in [2.45, 2.75) is 20.3 Å². The van der Waals surface area contributed by atoms with Gasteiger partial charge < -0.3 is 9.84 Å². The van der Waals surface area contributed by atoms with Crippen molar-refractivity contribution in [1.29, 1.82) is 0 Å². The molecular weight excluding hydrogens is 211 g/mol. The van der Waals surface area contributed by atoms with E-state index in [9.17, 15) is 9.18 Å². The van der Waals surface area contributed by atoms with Crippen LogP contribution in [-0.4, -0.2) is 17.7 Å². The Morgan fingerprint density at radius 1 is 1.56 bits per heavy atom. The number of hydrogen-bond donors (Lipinski definition) is 1. The smallest absolute Gasteiger partial charge is 0.341 e. The monoisotopic (exact) mass is 226 g/mol. The molecule has 88 valence electrons. The van der Waals surface area contributed by atoms with Gasteiger partial charge in [-0.05, 0) is 18.1 Å². The Bertz CT molecular complexity index is 377. The van der Waals surface area contributed by atoms with E-state index in [0.29, 0.717) is 0 Å². The van der Waals surface area contributed by atoms with Gasteiger partial charge in [0.25, 0.3) is 0 Å². The zero-order chi connectivity index (χ0) is 12.1. The molecule has 0 radical (unpaired) electrons. The minimum Gasteiger partial charge on any atom is -0.508 e. The van der Waals surface area contributed by atoms with E-state index >= 15 is 0 Å². The van der Waals surface area contributed by atoms with E-state index in [4.69, 9.17) is 9.84 Å². The summed E-state index contributed by atoms with van der Waals surface area (Å²) in [6.45, 7) is 4.20. The Balaban J connectivity index is 2.66. The topological polar surface area (TPSA) is 46.5 Å². The van der Waals surface area contributed by atoms with Crippen LogP contribution in [0.25, 0.3) is 0 Å². The summed E-state index contributed by atoms with van der Waals surface area (Å²) in [4.78, 5) is 11.5. The lowest BCUT2D eigenvalue weighted by molar-refractivity contribution is 0.0442. The number of phenols is 1. The standard InChI is InChI=1S/C12H15FO3/c1-3-8(2)7-16-12(15)10-5-4-9(14)6-11(10)13/h4-6,8,14H,3,7H2,1-2H3/t8-/m1/s1. The van der Waals surface area contributed by atoms with Crippen LogP contribution in [0.4, 0.5) is 4.39 Å². The summed E-state index contributed by atoms with van der Waals surface area (Å²) in [5, 5.41) is 8.98. The van der Waals surface area contributed by atoms with Gasteiger partial charge in [0.05, 0.1) is 12.2 Å². The molecule has 0 aromatic heterocycles. The minimum absolute atomic E-state index is 0.152. The van der Waals surface area contributed by atoms with Crippen LogP contribution in [0.3, 0.4) is 0 Å². The lowest BCUT2D eigenvalue weighted by atomic mass is 10.1. The predicted octanol–water partition coefficient (Wildman–Crippen LogP) is 2.73. The van der Waals surface area contributed by atoms with Gasteiger partial charge in [0, 0.05) is 6.07 Å². The molecule has 1 aromatic rings. The second kappa shape index (κ2) is 5.49. The summed E-state index contributed by atoms with van der Waals surface area (Å²) in [6.07, 6.45) is 0.894. The van der Waals surface area contributed by atoms with Crippen molar-refractivity contribution in [3.63, 3.8) is 0 Å². The average Bonchev–Trinajstić information content (AvgIpc) is 2.25. The van der Waals surface area contributed by atoms with Crippen LogP contribution < -0.4 is 0 Å². The number of benzene rings is 1. The number of hydrogen-bond acceptors (Lipinski definition) is 3. The normalized spacial score (nSPS) is 12.2. The highest BCUT2D eigenvalue weighted by molar-refractivity contribution is 5.89. The number of rotatable bonds is 4. The van der Waals surface area contributed by atoms with Crippen LogP contribution in [-0.2, 0) is 4.74 Å². The summed E-state index contributed by atoms with van der Waals surface area (Å²) in [6, 6.07) is 3.35. The third kappa shape index (κ3) is 3.22. The molecule has 0 amide bonds. The highest BCUT2D eigenvalue weighted by Crippen LogP contribution is 2.16. The molecule has 0 bridgehead atoms. The number of aromatic hydroxyl groups is 1. The molecule has 1 atom stereocenters. The maximum atomic E-state index is 13.2. The largest absolute Gasteiger partial charge is 0.508 e. The quantitative estimate of drug-likeness (QED) is 0.803. The molecule has 0 saturated heterocycles. The molecule has 1 N–H and O–H groups in total. The van der Waals surface area contributed by atoms with Gasteiger partial charge in [0.1, 0.15) is 11.6 Å². The Kier molecular flexibility index (Phi) is 4.28. The molecule has 0 aliphatic carbocycles. The summed E-state index contributed by atoms with van der Waals surface area (Å²) < 4.78 is 18.2. The molecule has 0 aliphatic heterocycles. The maximum absolute atomic E-state index is 13.2. The van der Waals surface area contributed by atoms with Crippen molar-refractivity contribution in [3.05, 3.63) is 29.6 Å². The van der Waals surface area contributed by atoms with Crippen LogP contribution in [0.2, 0.25) is 0 Å². The van der Waals surface area contributed by atoms with Gasteiger partial charge in [-0.1, -0.05) is 20.3 Å². The second-order valence-corrected chi connectivity index (χ2v) is 3.78. The third-order valence-electron chi connectivity index (χ3n) is 2.37. The first kappa shape index (κ1) is 12.5. The molecule has 0 spiro atoms. The molecule has 4 heteroatoms. The number of phenolic OH excluding ortho intramolecular Hbond substituents is 1. The molecular formula is C12H15FO3. The number of carbonyl (C=O) groups is 1. The Morgan fingerprint density at radius 2 is 2.25 bits per heavy atom. The van der Waals surface area contributed by atoms with Crippen molar-refractivity contribution in [2.24, 2.45) is 5.92 Å². The lowest BCUT2D eigenvalue weighted by Gasteiger charge is -2.09. The van der Waals surface area contributed by atoms with Gasteiger partial charge in [0.15, 0.2) is 0 Å². The van der Waals surface area contributed by atoms with E-state index in [0.717, 1.165) is 12.5 Å². The molecule has 0 unspecified atom stereocenters. The first-order valence-corrected chi connectivity index (χ1v) is 5.20. The van der Waals surface area contributed by atoms with Crippen LogP contribution in [0, 0.1) is 11.7 Å². The van der Waals surface area contributed by atoms with E-state index in [1.807, 2.05) is 13.8 Å². The molecule has 1 aromatic carbocycles. The van der Waals surface area contributed by atoms with E-state index in [-0.39, 0.29) is 23.8 Å². The Hall–Kier alpha value is -1.58. The highest BCUT2D eigenvalue weighted by atomic mass is 19.1. The van der Waals surface area contributed by atoms with Crippen molar-refractivity contribution < 1.29 is 19.0 Å². The molecule has 0 fully saturated rings. The molecule has 0 heterocycles. The SMILES string of the molecule is CC[C@@H](C)COC(=O)c1ccc(O)cc1F. The fraction of sp³-hybridized carbons (Fsp3) is 0.417. The number of halogens is 1. The van der Waals surface area contributed by atoms with E-state index in [1.165, 1.54) is 12.1 Å². The summed E-state index contributed by atoms with van der Waals surface area (Å²) >= 11 is 0. The van der Waals surface area contributed by atoms with Crippen LogP contribution in [0.1, 0.15) is 30.6 Å². The molecule has 3 nitrogen and oxygen atoms in total. The number of ether oxygens (including phenoxy) is 1. The molecule has 0 aliphatic rings. The van der Waals surface area contributed by atoms with E-state index in [1.54, 1.807) is 0 Å². The second-order valence-electron chi connectivity index (χ2n) is 3.78. The predicted molar refractivity (Wildman–Crippen MR) is 57.8 cm³/mol. The van der Waals surface area contributed by atoms with E-state index in [2.05, 4.69) is 0 Å². The van der Waals surface area contributed by atoms with Gasteiger partial charge in [-0.15, -0.1) is 0 Å². The zero-order valence-electron chi connectivity index (χ0n) is 9.37. The van der Waals surface area contributed by atoms with Gasteiger partial charge in [0.2, 0.25) is 0 Å². The fourth-order valence-electron chi connectivity index (χ4n) is 1.08. The lowest BCUT2D eigenvalue weighted by Crippen LogP contribution is -2.12. The van der Waals surface area contributed by atoms with Crippen molar-refractivity contribution in [2.75, 3.05) is 6.61 Å². The zero-order valence-corrected chi connectivity index (χ0v) is 9.37. The Labute approximate surface area is 93.9 Å². The van der Waals surface area contributed by atoms with Crippen molar-refractivity contribution in [1.82, 2.24) is 0 Å². The average molecular weight is 226 g/mol. The van der Waals surface area contributed by atoms with Gasteiger partial charge in [-0.3, -0.25) is 0 Å². The highest BCUT2D eigenvalue weighted by Gasteiger charge is 2.14. The van der Waals surface area contributed by atoms with Crippen LogP contribution in [0.5, 0.6) is 5.75 Å². The third-order valence-corrected chi connectivity index (χ3v) is 2.37. The molecule has 0 saturated carbocycles. The van der Waals surface area contributed by atoms with Crippen molar-refractivity contribution >= 4 is 5.97 Å². The summed E-state index contributed by atoms with van der Waals surface area (Å²) in [7, 11) is 0. The number of esters is 1. The summed E-state index contributed by atoms with van der Waals surface area (Å²) in [5.41, 5.74) is -0.152. The van der Waals surface area contributed by atoms with Gasteiger partial charge >= 0.3 is 5.97 Å². The van der Waals surface area contributed by atoms with E-state index < -0.39 is 11.8 Å². The van der Waals surface area contributed by atoms with Crippen LogP contribution >= 0.6 is 0 Å². The Morgan fingerprint density at radius 3 is 2.81 bits per heavy atom. The first-order valence-electron chi connectivity index (χ1n) is 5.20. The minimum atomic E-state index is -0.769. The van der Waals surface area contributed by atoms with Crippen molar-refractivity contribution in [3.8, 4) is 5.75 Å². The molecule has 16 heavy (non-hydrogen) atoms. The molecule has 1 rings (SSSR count).